The number of carbonyl (C=O) groups excluding carboxylic acids is 3. The zero-order chi connectivity index (χ0) is 17.7. The molecule has 124 valence electrons. The minimum Gasteiger partial charge on any atom is -0.507 e. The Hall–Kier alpha value is -3.15. The molecule has 0 unspecified atom stereocenters. The number of phenolic OH excluding ortho intramolecular Hbond substituents is 1. The Kier molecular flexibility index (Phi) is 5.31. The van der Waals surface area contributed by atoms with E-state index >= 15 is 0 Å². The second-order valence-electron chi connectivity index (χ2n) is 5.17. The summed E-state index contributed by atoms with van der Waals surface area (Å²) in [6.07, 6.45) is -0.399. The summed E-state index contributed by atoms with van der Waals surface area (Å²) < 4.78 is 5.05. The molecule has 6 heteroatoms. The van der Waals surface area contributed by atoms with Crippen LogP contribution in [0.1, 0.15) is 34.1 Å². The Morgan fingerprint density at radius 2 is 1.83 bits per heavy atom. The number of methoxy groups -OCH3 is 1. The fourth-order valence-electron chi connectivity index (χ4n) is 2.18. The van der Waals surface area contributed by atoms with Gasteiger partial charge in [0.05, 0.1) is 19.1 Å². The lowest BCUT2D eigenvalue weighted by molar-refractivity contribution is -0.114. The average Bonchev–Trinajstić information content (AvgIpc) is 2.56. The van der Waals surface area contributed by atoms with Gasteiger partial charge in [-0.15, -0.1) is 0 Å². The van der Waals surface area contributed by atoms with Gasteiger partial charge < -0.3 is 15.2 Å². The number of hydrogen-bond donors (Lipinski definition) is 2. The summed E-state index contributed by atoms with van der Waals surface area (Å²) in [6, 6.07) is 10.6. The molecule has 0 aliphatic heterocycles. The third-order valence-corrected chi connectivity index (χ3v) is 3.33. The lowest BCUT2D eigenvalue weighted by Crippen LogP contribution is -2.11. The van der Waals surface area contributed by atoms with Crippen LogP contribution in [0.15, 0.2) is 42.5 Å². The first-order valence-corrected chi connectivity index (χ1v) is 7.21. The number of aromatic hydroxyl groups is 1. The van der Waals surface area contributed by atoms with E-state index in [1.807, 2.05) is 0 Å². The fraction of sp³-hybridized carbons (Fsp3) is 0.167. The number of rotatable bonds is 6. The van der Waals surface area contributed by atoms with Gasteiger partial charge in [0.25, 0.3) is 0 Å². The summed E-state index contributed by atoms with van der Waals surface area (Å²) in [7, 11) is 1.49. The Balaban J connectivity index is 2.19. The monoisotopic (exact) mass is 327 g/mol. The van der Waals surface area contributed by atoms with Gasteiger partial charge in [0, 0.05) is 18.2 Å². The Bertz CT molecular complexity index is 798. The Labute approximate surface area is 139 Å². The van der Waals surface area contributed by atoms with Crippen molar-refractivity contribution in [3.8, 4) is 11.5 Å². The number of Topliss-reactive ketones (excluding diaryl/α,β-unsaturated/α-hetero) is 2. The van der Waals surface area contributed by atoms with Crippen molar-refractivity contribution >= 4 is 23.2 Å². The summed E-state index contributed by atoms with van der Waals surface area (Å²) in [4.78, 5) is 35.6. The highest BCUT2D eigenvalue weighted by atomic mass is 16.5. The summed E-state index contributed by atoms with van der Waals surface area (Å²) in [5, 5.41) is 12.4. The second kappa shape index (κ2) is 7.41. The molecular weight excluding hydrogens is 310 g/mol. The second-order valence-corrected chi connectivity index (χ2v) is 5.17. The Morgan fingerprint density at radius 3 is 2.50 bits per heavy atom. The number of anilines is 1. The number of ketones is 2. The quantitative estimate of drug-likeness (QED) is 0.483. The lowest BCUT2D eigenvalue weighted by Gasteiger charge is -2.08. The topological polar surface area (TPSA) is 92.7 Å². The van der Waals surface area contributed by atoms with Crippen molar-refractivity contribution < 1.29 is 24.2 Å². The molecule has 2 rings (SSSR count). The number of phenols is 1. The minimum absolute atomic E-state index is 0.0162. The Morgan fingerprint density at radius 1 is 1.08 bits per heavy atom. The summed E-state index contributed by atoms with van der Waals surface area (Å²) in [5.41, 5.74) is 0.704. The first-order chi connectivity index (χ1) is 11.4. The van der Waals surface area contributed by atoms with E-state index in [0.29, 0.717) is 17.0 Å². The van der Waals surface area contributed by atoms with Gasteiger partial charge >= 0.3 is 0 Å². The van der Waals surface area contributed by atoms with Crippen LogP contribution in [0.2, 0.25) is 0 Å². The van der Waals surface area contributed by atoms with E-state index in [4.69, 9.17) is 4.74 Å². The summed E-state index contributed by atoms with van der Waals surface area (Å²) in [5.74, 6) is -0.946. The van der Waals surface area contributed by atoms with Gasteiger partial charge in [-0.05, 0) is 30.3 Å². The normalized spacial score (nSPS) is 10.1. The van der Waals surface area contributed by atoms with Crippen LogP contribution < -0.4 is 10.1 Å². The zero-order valence-corrected chi connectivity index (χ0v) is 13.3. The molecule has 0 aromatic heterocycles. The largest absolute Gasteiger partial charge is 0.507 e. The van der Waals surface area contributed by atoms with Gasteiger partial charge in [-0.3, -0.25) is 14.4 Å². The van der Waals surface area contributed by atoms with Crippen LogP contribution in [0.4, 0.5) is 5.69 Å². The molecule has 0 saturated heterocycles. The number of carbonyl (C=O) groups is 3. The molecule has 0 heterocycles. The highest BCUT2D eigenvalue weighted by Crippen LogP contribution is 2.24. The molecule has 0 radical (unpaired) electrons. The summed E-state index contributed by atoms with van der Waals surface area (Å²) >= 11 is 0. The molecule has 1 amide bonds. The molecule has 0 spiro atoms. The van der Waals surface area contributed by atoms with Crippen molar-refractivity contribution in [2.45, 2.75) is 13.3 Å². The molecule has 0 aliphatic carbocycles. The molecule has 0 saturated carbocycles. The van der Waals surface area contributed by atoms with Crippen LogP contribution in [0.5, 0.6) is 11.5 Å². The third-order valence-electron chi connectivity index (χ3n) is 3.33. The molecule has 6 nitrogen and oxygen atoms in total. The first kappa shape index (κ1) is 17.2. The van der Waals surface area contributed by atoms with Gasteiger partial charge in [-0.2, -0.15) is 0 Å². The number of ether oxygens (including phenoxy) is 1. The van der Waals surface area contributed by atoms with Crippen molar-refractivity contribution in [1.82, 2.24) is 0 Å². The maximum absolute atomic E-state index is 12.3. The maximum atomic E-state index is 12.3. The van der Waals surface area contributed by atoms with Crippen molar-refractivity contribution in [2.75, 3.05) is 12.4 Å². The van der Waals surface area contributed by atoms with Crippen LogP contribution in [-0.4, -0.2) is 29.7 Å². The van der Waals surface area contributed by atoms with E-state index in [9.17, 15) is 19.5 Å². The molecule has 0 fully saturated rings. The third kappa shape index (κ3) is 4.19. The zero-order valence-electron chi connectivity index (χ0n) is 13.3. The number of hydrogen-bond acceptors (Lipinski definition) is 5. The van der Waals surface area contributed by atoms with Gasteiger partial charge in [0.15, 0.2) is 11.6 Å². The van der Waals surface area contributed by atoms with Crippen LogP contribution >= 0.6 is 0 Å². The number of amides is 1. The van der Waals surface area contributed by atoms with E-state index in [0.717, 1.165) is 0 Å². The van der Waals surface area contributed by atoms with E-state index in [2.05, 4.69) is 5.32 Å². The number of nitrogens with one attached hydrogen (secondary N) is 1. The maximum Gasteiger partial charge on any atom is 0.221 e. The first-order valence-electron chi connectivity index (χ1n) is 7.21. The summed E-state index contributed by atoms with van der Waals surface area (Å²) in [6.45, 7) is 1.33. The molecule has 2 N–H and O–H groups in total. The van der Waals surface area contributed by atoms with Crippen molar-refractivity contribution in [1.29, 1.82) is 0 Å². The average molecular weight is 327 g/mol. The van der Waals surface area contributed by atoms with E-state index in [1.54, 1.807) is 24.3 Å². The SMILES string of the molecule is COc1cccc(C(=O)CC(=O)c2cc(NC(C)=O)ccc2O)c1. The molecular formula is C18H17NO5. The van der Waals surface area contributed by atoms with Crippen LogP contribution in [0.25, 0.3) is 0 Å². The van der Waals surface area contributed by atoms with Gasteiger partial charge in [-0.1, -0.05) is 12.1 Å². The smallest absolute Gasteiger partial charge is 0.221 e. The highest BCUT2D eigenvalue weighted by molar-refractivity contribution is 6.14. The molecule has 0 bridgehead atoms. The lowest BCUT2D eigenvalue weighted by atomic mass is 10.0. The molecule has 2 aromatic rings. The van der Waals surface area contributed by atoms with E-state index < -0.39 is 12.2 Å². The van der Waals surface area contributed by atoms with Crippen molar-refractivity contribution in [2.24, 2.45) is 0 Å². The van der Waals surface area contributed by atoms with Gasteiger partial charge in [0.2, 0.25) is 5.91 Å². The van der Waals surface area contributed by atoms with Crippen molar-refractivity contribution in [3.63, 3.8) is 0 Å². The number of benzene rings is 2. The molecule has 24 heavy (non-hydrogen) atoms. The predicted octanol–water partition coefficient (Wildman–Crippen LogP) is 2.81. The van der Waals surface area contributed by atoms with E-state index in [-0.39, 0.29) is 23.0 Å². The standard InChI is InChI=1S/C18H17NO5/c1-11(20)19-13-6-7-16(21)15(9-13)18(23)10-17(22)12-4-3-5-14(8-12)24-2/h3-9,21H,10H2,1-2H3,(H,19,20). The fourth-order valence-corrected chi connectivity index (χ4v) is 2.18. The van der Waals surface area contributed by atoms with Crippen LogP contribution in [-0.2, 0) is 4.79 Å². The van der Waals surface area contributed by atoms with Gasteiger partial charge in [-0.25, -0.2) is 0 Å². The van der Waals surface area contributed by atoms with Crippen molar-refractivity contribution in [3.05, 3.63) is 53.6 Å². The highest BCUT2D eigenvalue weighted by Gasteiger charge is 2.18. The minimum atomic E-state index is -0.535. The van der Waals surface area contributed by atoms with Crippen LogP contribution in [0, 0.1) is 0 Å². The van der Waals surface area contributed by atoms with Crippen LogP contribution in [0.3, 0.4) is 0 Å². The van der Waals surface area contributed by atoms with E-state index in [1.165, 1.54) is 32.2 Å². The predicted molar refractivity (Wildman–Crippen MR) is 88.7 cm³/mol. The molecule has 0 atom stereocenters. The van der Waals surface area contributed by atoms with Gasteiger partial charge in [0.1, 0.15) is 11.5 Å². The molecule has 2 aromatic carbocycles. The molecule has 0 aliphatic rings.